The van der Waals surface area contributed by atoms with Crippen molar-refractivity contribution in [2.75, 3.05) is 26.2 Å². The van der Waals surface area contributed by atoms with E-state index in [4.69, 9.17) is 22.3 Å². The van der Waals surface area contributed by atoms with Crippen LogP contribution in [0.5, 0.6) is 0 Å². The fourth-order valence-corrected chi connectivity index (χ4v) is 13.3. The Morgan fingerprint density at radius 2 is 0.527 bits per heavy atom. The topological polar surface area (TPSA) is 317 Å². The van der Waals surface area contributed by atoms with Crippen LogP contribution in [0.15, 0.2) is 87.5 Å². The first-order chi connectivity index (χ1) is 43.8. The minimum Gasteiger partial charge on any atom is -0.744 e. The number of nitrogens with one attached hydrogen (secondary N) is 3. The molecule has 0 aliphatic rings. The highest BCUT2D eigenvalue weighted by Gasteiger charge is 2.10. The Morgan fingerprint density at radius 3 is 0.747 bits per heavy atom. The summed E-state index contributed by atoms with van der Waals surface area (Å²) in [5, 5.41) is 21.4. The molecule has 0 saturated heterocycles. The minimum absolute atomic E-state index is 0.0501. The molecular weight excluding hydrogens is 1200 g/mol. The number of benzene rings is 3. The molecule has 0 aliphatic carbocycles. The van der Waals surface area contributed by atoms with E-state index in [1.54, 1.807) is 65.2 Å². The largest absolute Gasteiger partial charge is 0.744 e. The number of aryl methyl sites for hydroxylation is 3. The van der Waals surface area contributed by atoms with Crippen LogP contribution in [0.4, 0.5) is 0 Å². The summed E-state index contributed by atoms with van der Waals surface area (Å²) in [5.41, 5.74) is 12.6. The molecule has 0 spiro atoms. The van der Waals surface area contributed by atoms with Crippen molar-refractivity contribution in [1.29, 1.82) is 10.8 Å². The van der Waals surface area contributed by atoms with Gasteiger partial charge < -0.3 is 30.4 Å². The summed E-state index contributed by atoms with van der Waals surface area (Å²) in [4.78, 5) is -0.150. The molecule has 0 saturated carbocycles. The Labute approximate surface area is 556 Å². The van der Waals surface area contributed by atoms with Crippen LogP contribution < -0.4 is 27.4 Å². The van der Waals surface area contributed by atoms with Crippen molar-refractivity contribution in [3.8, 4) is 0 Å². The number of hydrogen-bond donors (Lipinski definition) is 7. The van der Waals surface area contributed by atoms with Gasteiger partial charge >= 0.3 is 0 Å². The van der Waals surface area contributed by atoms with E-state index in [2.05, 4.69) is 26.1 Å². The fourth-order valence-electron chi connectivity index (χ4n) is 11.1. The Bertz CT molecular complexity index is 2300. The second kappa shape index (κ2) is 59.9. The lowest BCUT2D eigenvalue weighted by Crippen LogP contribution is -2.90. The van der Waals surface area contributed by atoms with Gasteiger partial charge in [0.1, 0.15) is 30.4 Å². The Balaban J connectivity index is 0.00000119. The second-order valence-corrected chi connectivity index (χ2v) is 28.9. The molecule has 0 amide bonds. The monoisotopic (exact) mass is 1330 g/mol. The Kier molecular flexibility index (Phi) is 57.4. The summed E-state index contributed by atoms with van der Waals surface area (Å²) < 4.78 is 101. The standard InChI is InChI=1S/C18H41N7.3C18H30O3S/c19-17(20)24-15-11-7-3-1-5-9-13-23-14-10-6-2-4-8-12-16-25-18(21)22;3*1-2-3-4-5-6-7-8-9-10-11-14-17-15-12-13-16-18(17)22(19,20)21/h23H,1-16H2,(H4,19,20,24)(H4,21,22,25);3*12-13,15-16H,2-11,14H2,1H3,(H,19,20,21)/p-1. The van der Waals surface area contributed by atoms with Gasteiger partial charge in [0.25, 0.3) is 11.9 Å². The quantitative estimate of drug-likeness (QED) is 0.0120. The third-order valence-corrected chi connectivity index (χ3v) is 19.3. The van der Waals surface area contributed by atoms with Gasteiger partial charge in [-0.1, -0.05) is 287 Å². The normalized spacial score (nSPS) is 11.5. The predicted molar refractivity (Wildman–Crippen MR) is 376 cm³/mol. The number of rotatable bonds is 54. The van der Waals surface area contributed by atoms with E-state index in [9.17, 15) is 38.9 Å². The average molecular weight is 1330 g/mol. The highest BCUT2D eigenvalue weighted by atomic mass is 32.2. The second-order valence-electron chi connectivity index (χ2n) is 24.9. The molecule has 16 nitrogen and oxygen atoms in total. The van der Waals surface area contributed by atoms with Crippen molar-refractivity contribution in [3.63, 3.8) is 0 Å². The summed E-state index contributed by atoms with van der Waals surface area (Å²) in [6.07, 6.45) is 54.7. The van der Waals surface area contributed by atoms with Crippen molar-refractivity contribution in [2.24, 2.45) is 11.5 Å². The van der Waals surface area contributed by atoms with Gasteiger partial charge in [0.05, 0.1) is 27.8 Å². The smallest absolute Gasteiger partial charge is 0.288 e. The molecule has 19 heteroatoms. The molecule has 91 heavy (non-hydrogen) atoms. The van der Waals surface area contributed by atoms with Gasteiger partial charge in [-0.25, -0.2) is 36.1 Å². The number of guanidine groups is 2. The van der Waals surface area contributed by atoms with Crippen LogP contribution in [0, 0.1) is 10.8 Å². The number of hydrogen-bond acceptors (Lipinski definition) is 12. The van der Waals surface area contributed by atoms with Crippen LogP contribution in [0.25, 0.3) is 0 Å². The number of unbranched alkanes of at least 4 members (excludes halogenated alkanes) is 37. The molecule has 0 aliphatic heterocycles. The fraction of sp³-hybridized carbons (Fsp3) is 0.722. The van der Waals surface area contributed by atoms with Crippen molar-refractivity contribution < 1.29 is 49.5 Å². The van der Waals surface area contributed by atoms with Gasteiger partial charge in [-0.3, -0.25) is 10.6 Å². The lowest BCUT2D eigenvalue weighted by atomic mass is 10.0. The van der Waals surface area contributed by atoms with E-state index in [0.29, 0.717) is 36.0 Å². The molecule has 0 fully saturated rings. The van der Waals surface area contributed by atoms with E-state index < -0.39 is 30.4 Å². The van der Waals surface area contributed by atoms with Crippen LogP contribution in [0.3, 0.4) is 0 Å². The molecule has 3 aromatic rings. The molecule has 0 radical (unpaired) electrons. The molecular formula is C72H130N7O9S3-. The average Bonchev–Trinajstić information content (AvgIpc) is 1.50. The van der Waals surface area contributed by atoms with E-state index in [1.165, 1.54) is 237 Å². The van der Waals surface area contributed by atoms with E-state index in [0.717, 1.165) is 77.5 Å². The molecule has 526 valence electrons. The maximum atomic E-state index is 11.2. The van der Waals surface area contributed by atoms with Gasteiger partial charge in [-0.05, 0) is 125 Å². The summed E-state index contributed by atoms with van der Waals surface area (Å²) in [5.74, 6) is 0.406. The third-order valence-electron chi connectivity index (χ3n) is 16.5. The maximum absolute atomic E-state index is 11.2. The van der Waals surface area contributed by atoms with Gasteiger partial charge in [-0.15, -0.1) is 0 Å². The first kappa shape index (κ1) is 87.2. The lowest BCUT2D eigenvalue weighted by Gasteiger charge is -2.12. The summed E-state index contributed by atoms with van der Waals surface area (Å²) in [6, 6.07) is 19.7. The molecule has 0 atom stereocenters. The Hall–Kier alpha value is -3.79. The highest BCUT2D eigenvalue weighted by molar-refractivity contribution is 7.86. The maximum Gasteiger partial charge on any atom is 0.288 e. The van der Waals surface area contributed by atoms with Crippen molar-refractivity contribution in [2.45, 2.75) is 324 Å². The van der Waals surface area contributed by atoms with Gasteiger partial charge in [0.2, 0.25) is 0 Å². The Morgan fingerprint density at radius 1 is 0.330 bits per heavy atom. The molecule has 0 bridgehead atoms. The SMILES string of the molecule is CCCCCCCCCCCCc1ccccc1S(=O)(=O)[O-].CCCCCCCCCCCCc1ccccc1S(=O)(=O)[O-].CCCCCCCCCCCCc1ccccc1S(=O)(=O)[O-].N=C(N)[NH2+]CCCCCCCCNCCCCCCCC[NH2+]C(=N)N. The molecule has 0 aromatic heterocycles. The van der Waals surface area contributed by atoms with Crippen LogP contribution in [-0.2, 0) is 49.6 Å². The van der Waals surface area contributed by atoms with Gasteiger partial charge in [0.15, 0.2) is 0 Å². The first-order valence-electron chi connectivity index (χ1n) is 36.0. The minimum atomic E-state index is -4.35. The summed E-state index contributed by atoms with van der Waals surface area (Å²) in [7, 11) is -13.0. The van der Waals surface area contributed by atoms with Crippen LogP contribution in [0.2, 0.25) is 0 Å². The predicted octanol–water partition coefficient (Wildman–Crippen LogP) is 15.3. The lowest BCUT2D eigenvalue weighted by molar-refractivity contribution is -0.543. The van der Waals surface area contributed by atoms with Gasteiger partial charge in [-0.2, -0.15) is 0 Å². The third kappa shape index (κ3) is 55.2. The van der Waals surface area contributed by atoms with Crippen molar-refractivity contribution in [3.05, 3.63) is 89.5 Å². The van der Waals surface area contributed by atoms with Crippen molar-refractivity contribution in [1.82, 2.24) is 5.32 Å². The van der Waals surface area contributed by atoms with Gasteiger partial charge in [0, 0.05) is 0 Å². The zero-order valence-corrected chi connectivity index (χ0v) is 59.7. The summed E-state index contributed by atoms with van der Waals surface area (Å²) in [6.45, 7) is 10.9. The zero-order chi connectivity index (χ0) is 67.4. The molecule has 11 N–H and O–H groups in total. The zero-order valence-electron chi connectivity index (χ0n) is 57.3. The van der Waals surface area contributed by atoms with E-state index >= 15 is 0 Å². The van der Waals surface area contributed by atoms with Crippen LogP contribution >= 0.6 is 0 Å². The highest BCUT2D eigenvalue weighted by Crippen LogP contribution is 2.22. The van der Waals surface area contributed by atoms with E-state index in [1.807, 2.05) is 0 Å². The first-order valence-corrected chi connectivity index (χ1v) is 40.2. The van der Waals surface area contributed by atoms with Crippen LogP contribution in [0.1, 0.15) is 307 Å². The van der Waals surface area contributed by atoms with Crippen molar-refractivity contribution >= 4 is 42.3 Å². The molecule has 0 heterocycles. The molecule has 3 rings (SSSR count). The molecule has 0 unspecified atom stereocenters. The number of quaternary nitrogens is 2. The number of nitrogens with two attached hydrogens (primary N) is 4. The van der Waals surface area contributed by atoms with E-state index in [-0.39, 0.29) is 26.6 Å². The molecule has 3 aromatic carbocycles. The van der Waals surface area contributed by atoms with Crippen LogP contribution in [-0.4, -0.2) is 77.0 Å². The summed E-state index contributed by atoms with van der Waals surface area (Å²) >= 11 is 0.